The van der Waals surface area contributed by atoms with E-state index >= 15 is 0 Å². The zero-order chi connectivity index (χ0) is 17.0. The maximum absolute atomic E-state index is 12.6. The molecule has 128 valence electrons. The molecule has 2 aromatic carbocycles. The smallest absolute Gasteiger partial charge is 0.218 e. The second-order valence-electron chi connectivity index (χ2n) is 6.27. The molecule has 0 aliphatic carbocycles. The van der Waals surface area contributed by atoms with E-state index in [1.807, 2.05) is 61.5 Å². The van der Waals surface area contributed by atoms with E-state index in [0.29, 0.717) is 13.1 Å². The maximum Gasteiger partial charge on any atom is 0.218 e. The number of piperidine rings is 1. The molecular weight excluding hydrogens is 322 g/mol. The first-order valence-corrected chi connectivity index (χ1v) is 9.89. The molecular formula is C19H23NO3S. The zero-order valence-corrected chi connectivity index (χ0v) is 14.7. The summed E-state index contributed by atoms with van der Waals surface area (Å²) in [6, 6.07) is 17.4. The van der Waals surface area contributed by atoms with Crippen LogP contribution in [0.4, 0.5) is 0 Å². The van der Waals surface area contributed by atoms with Crippen molar-refractivity contribution in [1.29, 1.82) is 0 Å². The number of hydrogen-bond acceptors (Lipinski definition) is 3. The fourth-order valence-electron chi connectivity index (χ4n) is 2.91. The van der Waals surface area contributed by atoms with Crippen LogP contribution >= 0.6 is 0 Å². The number of hydrogen-bond donors (Lipinski definition) is 0. The van der Waals surface area contributed by atoms with Crippen LogP contribution in [0.15, 0.2) is 54.6 Å². The van der Waals surface area contributed by atoms with Crippen LogP contribution in [0.5, 0.6) is 5.75 Å². The minimum Gasteiger partial charge on any atom is -0.490 e. The summed E-state index contributed by atoms with van der Waals surface area (Å²) in [6.07, 6.45) is 1.53. The normalized spacial score (nSPS) is 16.9. The Morgan fingerprint density at radius 3 is 2.25 bits per heavy atom. The standard InChI is InChI=1S/C19H23NO3S/c1-16-7-9-17(10-8-16)15-24(21,22)20-13-11-19(12-14-20)23-18-5-3-2-4-6-18/h2-10,19H,11-15H2,1H3. The van der Waals surface area contributed by atoms with Gasteiger partial charge in [0.25, 0.3) is 0 Å². The predicted octanol–water partition coefficient (Wildman–Crippen LogP) is 3.37. The summed E-state index contributed by atoms with van der Waals surface area (Å²) in [4.78, 5) is 0. The molecule has 5 heteroatoms. The van der Waals surface area contributed by atoms with Crippen molar-refractivity contribution in [2.45, 2.75) is 31.6 Å². The number of sulfonamides is 1. The third-order valence-corrected chi connectivity index (χ3v) is 6.16. The van der Waals surface area contributed by atoms with Gasteiger partial charge in [0.15, 0.2) is 0 Å². The number of para-hydroxylation sites is 1. The van der Waals surface area contributed by atoms with Crippen LogP contribution in [0, 0.1) is 6.92 Å². The Bertz CT molecular complexity index is 749. The van der Waals surface area contributed by atoms with E-state index in [2.05, 4.69) is 0 Å². The monoisotopic (exact) mass is 345 g/mol. The molecule has 1 heterocycles. The summed E-state index contributed by atoms with van der Waals surface area (Å²) in [7, 11) is -3.27. The van der Waals surface area contributed by atoms with Gasteiger partial charge in [0, 0.05) is 13.1 Å². The van der Waals surface area contributed by atoms with E-state index in [-0.39, 0.29) is 11.9 Å². The zero-order valence-electron chi connectivity index (χ0n) is 13.9. The predicted molar refractivity (Wildman–Crippen MR) is 95.5 cm³/mol. The van der Waals surface area contributed by atoms with Gasteiger partial charge < -0.3 is 4.74 Å². The largest absolute Gasteiger partial charge is 0.490 e. The van der Waals surface area contributed by atoms with Crippen LogP contribution in [0.25, 0.3) is 0 Å². The molecule has 24 heavy (non-hydrogen) atoms. The number of aryl methyl sites for hydroxylation is 1. The van der Waals surface area contributed by atoms with E-state index in [4.69, 9.17) is 4.74 Å². The Labute approximate surface area is 144 Å². The van der Waals surface area contributed by atoms with Crippen molar-refractivity contribution in [3.05, 3.63) is 65.7 Å². The molecule has 1 saturated heterocycles. The van der Waals surface area contributed by atoms with Gasteiger partial charge in [-0.15, -0.1) is 0 Å². The van der Waals surface area contributed by atoms with Gasteiger partial charge in [-0.05, 0) is 37.5 Å². The van der Waals surface area contributed by atoms with Gasteiger partial charge in [-0.3, -0.25) is 0 Å². The fourth-order valence-corrected chi connectivity index (χ4v) is 4.47. The molecule has 0 N–H and O–H groups in total. The highest BCUT2D eigenvalue weighted by atomic mass is 32.2. The topological polar surface area (TPSA) is 46.6 Å². The first kappa shape index (κ1) is 17.0. The lowest BCUT2D eigenvalue weighted by molar-refractivity contribution is 0.135. The lowest BCUT2D eigenvalue weighted by Crippen LogP contribution is -2.42. The van der Waals surface area contributed by atoms with Gasteiger partial charge in [0.1, 0.15) is 11.9 Å². The van der Waals surface area contributed by atoms with Gasteiger partial charge in [0.05, 0.1) is 5.75 Å². The van der Waals surface area contributed by atoms with Gasteiger partial charge in [-0.2, -0.15) is 0 Å². The Hall–Kier alpha value is -1.85. The quantitative estimate of drug-likeness (QED) is 0.835. The van der Waals surface area contributed by atoms with E-state index < -0.39 is 10.0 Å². The summed E-state index contributed by atoms with van der Waals surface area (Å²) in [6.45, 7) is 3.03. The number of ether oxygens (including phenoxy) is 1. The first-order valence-electron chi connectivity index (χ1n) is 8.28. The summed E-state index contributed by atoms with van der Waals surface area (Å²) >= 11 is 0. The van der Waals surface area contributed by atoms with Crippen molar-refractivity contribution in [2.75, 3.05) is 13.1 Å². The lowest BCUT2D eigenvalue weighted by atomic mass is 10.1. The molecule has 1 aliphatic rings. The Kier molecular flexibility index (Phi) is 5.21. The second kappa shape index (κ2) is 7.36. The van der Waals surface area contributed by atoms with Crippen molar-refractivity contribution in [3.8, 4) is 5.75 Å². The van der Waals surface area contributed by atoms with Crippen LogP contribution in [0.1, 0.15) is 24.0 Å². The van der Waals surface area contributed by atoms with Crippen LogP contribution in [-0.4, -0.2) is 31.9 Å². The molecule has 0 amide bonds. The van der Waals surface area contributed by atoms with Crippen LogP contribution in [-0.2, 0) is 15.8 Å². The third-order valence-electron chi connectivity index (χ3n) is 4.31. The minimum atomic E-state index is -3.27. The van der Waals surface area contributed by atoms with E-state index in [9.17, 15) is 8.42 Å². The highest BCUT2D eigenvalue weighted by Gasteiger charge is 2.28. The number of benzene rings is 2. The van der Waals surface area contributed by atoms with Gasteiger partial charge >= 0.3 is 0 Å². The molecule has 0 unspecified atom stereocenters. The van der Waals surface area contributed by atoms with Crippen molar-refractivity contribution in [3.63, 3.8) is 0 Å². The van der Waals surface area contributed by atoms with E-state index in [1.54, 1.807) is 4.31 Å². The molecule has 1 fully saturated rings. The maximum atomic E-state index is 12.6. The second-order valence-corrected chi connectivity index (χ2v) is 8.24. The van der Waals surface area contributed by atoms with Gasteiger partial charge in [0.2, 0.25) is 10.0 Å². The Morgan fingerprint density at radius 1 is 1.00 bits per heavy atom. The van der Waals surface area contributed by atoms with Crippen molar-refractivity contribution >= 4 is 10.0 Å². The molecule has 3 rings (SSSR count). The van der Waals surface area contributed by atoms with Gasteiger partial charge in [-0.1, -0.05) is 48.0 Å². The van der Waals surface area contributed by atoms with E-state index in [0.717, 1.165) is 29.7 Å². The average molecular weight is 345 g/mol. The summed E-state index contributed by atoms with van der Waals surface area (Å²) in [5, 5.41) is 0. The number of rotatable bonds is 5. The summed E-state index contributed by atoms with van der Waals surface area (Å²) in [5.74, 6) is 0.913. The molecule has 4 nitrogen and oxygen atoms in total. The van der Waals surface area contributed by atoms with Crippen LogP contribution in [0.3, 0.4) is 0 Å². The summed E-state index contributed by atoms with van der Waals surface area (Å²) < 4.78 is 32.7. The Morgan fingerprint density at radius 2 is 1.62 bits per heavy atom. The molecule has 0 aromatic heterocycles. The highest BCUT2D eigenvalue weighted by Crippen LogP contribution is 2.22. The minimum absolute atomic E-state index is 0.0670. The first-order chi connectivity index (χ1) is 11.5. The lowest BCUT2D eigenvalue weighted by Gasteiger charge is -2.31. The molecule has 2 aromatic rings. The van der Waals surface area contributed by atoms with Crippen LogP contribution < -0.4 is 4.74 Å². The number of nitrogens with zero attached hydrogens (tertiary/aromatic N) is 1. The molecule has 0 bridgehead atoms. The summed E-state index contributed by atoms with van der Waals surface area (Å²) in [5.41, 5.74) is 1.97. The SMILES string of the molecule is Cc1ccc(CS(=O)(=O)N2CCC(Oc3ccccc3)CC2)cc1. The van der Waals surface area contributed by atoms with Gasteiger partial charge in [-0.25, -0.2) is 12.7 Å². The Balaban J connectivity index is 1.56. The molecule has 1 aliphatic heterocycles. The highest BCUT2D eigenvalue weighted by molar-refractivity contribution is 7.88. The fraction of sp³-hybridized carbons (Fsp3) is 0.368. The molecule has 0 atom stereocenters. The van der Waals surface area contributed by atoms with Crippen molar-refractivity contribution in [2.24, 2.45) is 0 Å². The van der Waals surface area contributed by atoms with Crippen molar-refractivity contribution in [1.82, 2.24) is 4.31 Å². The third kappa shape index (κ3) is 4.36. The van der Waals surface area contributed by atoms with Crippen molar-refractivity contribution < 1.29 is 13.2 Å². The van der Waals surface area contributed by atoms with E-state index in [1.165, 1.54) is 0 Å². The average Bonchev–Trinajstić information content (AvgIpc) is 2.58. The molecule has 0 spiro atoms. The molecule has 0 radical (unpaired) electrons. The van der Waals surface area contributed by atoms with Crippen LogP contribution in [0.2, 0.25) is 0 Å². The molecule has 0 saturated carbocycles.